The first-order chi connectivity index (χ1) is 17.9. The summed E-state index contributed by atoms with van der Waals surface area (Å²) in [5.74, 6) is -1.42. The van der Waals surface area contributed by atoms with Crippen LogP contribution in [0.4, 0.5) is 14.6 Å². The van der Waals surface area contributed by atoms with Gasteiger partial charge in [0, 0.05) is 35.0 Å². The maximum Gasteiger partial charge on any atom is 0.231 e. The number of amides is 1. The number of hydrogen-bond donors (Lipinski definition) is 2. The first-order valence-corrected chi connectivity index (χ1v) is 12.9. The molecule has 1 aliphatic rings. The highest BCUT2D eigenvalue weighted by molar-refractivity contribution is 5.97. The Morgan fingerprint density at radius 3 is 2.43 bits per heavy atom. The molecule has 1 aliphatic carbocycles. The summed E-state index contributed by atoms with van der Waals surface area (Å²) < 4.78 is 29.3. The van der Waals surface area contributed by atoms with Gasteiger partial charge in [-0.3, -0.25) is 14.2 Å². The van der Waals surface area contributed by atoms with Crippen molar-refractivity contribution in [2.45, 2.75) is 73.1 Å². The van der Waals surface area contributed by atoms with E-state index in [1.54, 1.807) is 12.3 Å². The summed E-state index contributed by atoms with van der Waals surface area (Å²) in [4.78, 5) is 25.0. The van der Waals surface area contributed by atoms with E-state index in [4.69, 9.17) is 0 Å². The fourth-order valence-electron chi connectivity index (χ4n) is 4.11. The Bertz CT molecular complexity index is 1390. The molecule has 198 valence electrons. The number of aliphatic hydroxyl groups is 1. The third kappa shape index (κ3) is 5.77. The van der Waals surface area contributed by atoms with Gasteiger partial charge in [0.2, 0.25) is 11.9 Å². The topological polar surface area (TPSA) is 92.4 Å². The minimum Gasteiger partial charge on any atom is -0.387 e. The molecule has 3 atom stereocenters. The molecule has 5 rings (SSSR count). The van der Waals surface area contributed by atoms with E-state index in [2.05, 4.69) is 20.3 Å². The van der Waals surface area contributed by atoms with Crippen LogP contribution < -0.4 is 5.32 Å². The van der Waals surface area contributed by atoms with E-state index in [9.17, 15) is 18.7 Å². The number of anilines is 1. The summed E-state index contributed by atoms with van der Waals surface area (Å²) in [5, 5.41) is 13.5. The van der Waals surface area contributed by atoms with Gasteiger partial charge in [0.1, 0.15) is 17.6 Å². The molecule has 1 fully saturated rings. The van der Waals surface area contributed by atoms with Crippen molar-refractivity contribution >= 4 is 28.3 Å². The second-order valence-corrected chi connectivity index (χ2v) is 8.50. The van der Waals surface area contributed by atoms with Gasteiger partial charge in [-0.25, -0.2) is 14.4 Å². The minimum atomic E-state index is -1.11. The third-order valence-corrected chi connectivity index (χ3v) is 6.04. The number of carbonyl (C=O) groups excluding carboxylic acids is 1. The molecule has 1 saturated carbocycles. The van der Waals surface area contributed by atoms with E-state index in [1.807, 2.05) is 53.7 Å². The molecule has 0 radical (unpaired) electrons. The predicted octanol–water partition coefficient (Wildman–Crippen LogP) is 6.57. The SMILES string of the molecule is CC.CC.CCCC(O)c1cc(C)c(-c2cc3cnc(NC(=O)C4CC4F)cc3n3c(F)cnc23)cn1. The summed E-state index contributed by atoms with van der Waals surface area (Å²) >= 11 is 0. The molecule has 9 heteroatoms. The summed E-state index contributed by atoms with van der Waals surface area (Å²) in [6.45, 7) is 11.9. The fraction of sp³-hybridized carbons (Fsp3) is 0.429. The lowest BCUT2D eigenvalue weighted by atomic mass is 10.00. The van der Waals surface area contributed by atoms with Crippen LogP contribution in [0.25, 0.3) is 27.7 Å². The number of halogens is 2. The number of rotatable bonds is 6. The highest BCUT2D eigenvalue weighted by Gasteiger charge is 2.43. The molecule has 0 aliphatic heterocycles. The number of nitrogens with zero attached hydrogens (tertiary/aromatic N) is 4. The van der Waals surface area contributed by atoms with Gasteiger partial charge in [-0.1, -0.05) is 41.0 Å². The van der Waals surface area contributed by atoms with Crippen molar-refractivity contribution in [2.24, 2.45) is 5.92 Å². The van der Waals surface area contributed by atoms with E-state index in [-0.39, 0.29) is 12.2 Å². The number of aryl methyl sites for hydroxylation is 1. The Morgan fingerprint density at radius 1 is 1.11 bits per heavy atom. The number of imidazole rings is 1. The zero-order valence-corrected chi connectivity index (χ0v) is 22.2. The van der Waals surface area contributed by atoms with Crippen molar-refractivity contribution in [3.05, 3.63) is 54.0 Å². The van der Waals surface area contributed by atoms with Crippen molar-refractivity contribution < 1.29 is 18.7 Å². The summed E-state index contributed by atoms with van der Waals surface area (Å²) in [5.41, 5.74) is 3.77. The summed E-state index contributed by atoms with van der Waals surface area (Å²) in [7, 11) is 0. The average Bonchev–Trinajstić information content (AvgIpc) is 3.53. The number of hydrogen-bond acceptors (Lipinski definition) is 5. The van der Waals surface area contributed by atoms with Crippen LogP contribution in [-0.4, -0.2) is 36.5 Å². The molecule has 7 nitrogen and oxygen atoms in total. The molecular weight excluding hydrogens is 476 g/mol. The summed E-state index contributed by atoms with van der Waals surface area (Å²) in [6.07, 6.45) is 4.27. The van der Waals surface area contributed by atoms with E-state index >= 15 is 0 Å². The maximum absolute atomic E-state index is 14.8. The van der Waals surface area contributed by atoms with Crippen LogP contribution in [0.15, 0.2) is 36.8 Å². The van der Waals surface area contributed by atoms with Crippen LogP contribution in [0.3, 0.4) is 0 Å². The van der Waals surface area contributed by atoms with Crippen LogP contribution in [-0.2, 0) is 4.79 Å². The Balaban J connectivity index is 0.000000907. The smallest absolute Gasteiger partial charge is 0.231 e. The minimum absolute atomic E-state index is 0.213. The van der Waals surface area contributed by atoms with Gasteiger partial charge in [-0.15, -0.1) is 0 Å². The monoisotopic (exact) mass is 511 g/mol. The Hall–Kier alpha value is -3.46. The van der Waals surface area contributed by atoms with E-state index in [0.29, 0.717) is 34.2 Å². The molecule has 4 aromatic heterocycles. The Labute approximate surface area is 216 Å². The third-order valence-electron chi connectivity index (χ3n) is 6.04. The van der Waals surface area contributed by atoms with Gasteiger partial charge >= 0.3 is 0 Å². The molecule has 3 unspecified atom stereocenters. The number of fused-ring (bicyclic) bond motifs is 3. The lowest BCUT2D eigenvalue weighted by molar-refractivity contribution is -0.117. The van der Waals surface area contributed by atoms with E-state index in [1.165, 1.54) is 10.6 Å². The number of carbonyl (C=O) groups is 1. The van der Waals surface area contributed by atoms with Crippen molar-refractivity contribution in [3.8, 4) is 11.1 Å². The van der Waals surface area contributed by atoms with Gasteiger partial charge < -0.3 is 10.4 Å². The van der Waals surface area contributed by atoms with Crippen LogP contribution >= 0.6 is 0 Å². The maximum atomic E-state index is 14.8. The highest BCUT2D eigenvalue weighted by atomic mass is 19.1. The van der Waals surface area contributed by atoms with Gasteiger partial charge in [-0.2, -0.15) is 4.39 Å². The Kier molecular flexibility index (Phi) is 9.26. The first-order valence-electron chi connectivity index (χ1n) is 12.9. The zero-order chi connectivity index (χ0) is 27.3. The number of pyridine rings is 3. The van der Waals surface area contributed by atoms with Crippen LogP contribution in [0.5, 0.6) is 0 Å². The lowest BCUT2D eigenvalue weighted by Gasteiger charge is -2.14. The predicted molar refractivity (Wildman–Crippen MR) is 143 cm³/mol. The van der Waals surface area contributed by atoms with E-state index in [0.717, 1.165) is 23.7 Å². The second kappa shape index (κ2) is 12.2. The van der Waals surface area contributed by atoms with Crippen LogP contribution in [0, 0.1) is 18.8 Å². The molecule has 0 saturated heterocycles. The molecule has 0 bridgehead atoms. The van der Waals surface area contributed by atoms with Crippen molar-refractivity contribution in [1.29, 1.82) is 0 Å². The quantitative estimate of drug-likeness (QED) is 0.305. The summed E-state index contributed by atoms with van der Waals surface area (Å²) in [6, 6.07) is 5.24. The van der Waals surface area contributed by atoms with Crippen LogP contribution in [0.2, 0.25) is 0 Å². The van der Waals surface area contributed by atoms with Gasteiger partial charge in [0.05, 0.1) is 29.4 Å². The van der Waals surface area contributed by atoms with Gasteiger partial charge in [0.15, 0.2) is 0 Å². The van der Waals surface area contributed by atoms with Crippen molar-refractivity contribution in [1.82, 2.24) is 19.4 Å². The lowest BCUT2D eigenvalue weighted by Crippen LogP contribution is -2.16. The van der Waals surface area contributed by atoms with Crippen molar-refractivity contribution in [3.63, 3.8) is 0 Å². The molecule has 0 aromatic carbocycles. The van der Waals surface area contributed by atoms with Crippen molar-refractivity contribution in [2.75, 3.05) is 5.32 Å². The first kappa shape index (κ1) is 28.1. The number of aromatic nitrogens is 4. The van der Waals surface area contributed by atoms with E-state index < -0.39 is 30.0 Å². The largest absolute Gasteiger partial charge is 0.387 e. The number of nitrogens with one attached hydrogen (secondary N) is 1. The average molecular weight is 512 g/mol. The van der Waals surface area contributed by atoms with Gasteiger partial charge in [0.25, 0.3) is 0 Å². The number of aliphatic hydroxyl groups excluding tert-OH is 1. The number of alkyl halides is 1. The fourth-order valence-corrected chi connectivity index (χ4v) is 4.11. The molecule has 0 spiro atoms. The second-order valence-electron chi connectivity index (χ2n) is 8.50. The standard InChI is InChI=1S/C24H23F2N5O2.2C2H6/c1-3-4-20(32)18-5-12(2)16(10-27-18)14-6-13-9-28-22(30-24(33)15-7-17(15)25)8-19(13)31-21(26)11-29-23(14)31;2*1-2/h5-6,8-11,15,17,20,32H,3-4,7H2,1-2H3,(H,28,30,33);2*1-2H3. The highest BCUT2D eigenvalue weighted by Crippen LogP contribution is 2.35. The molecule has 1 amide bonds. The molecule has 2 N–H and O–H groups in total. The molecule has 4 aromatic rings. The van der Waals surface area contributed by atoms with Crippen LogP contribution in [0.1, 0.15) is 71.2 Å². The van der Waals surface area contributed by atoms with Gasteiger partial charge in [-0.05, 0) is 37.5 Å². The Morgan fingerprint density at radius 2 is 1.81 bits per heavy atom. The molecular formula is C28H35F2N5O2. The molecule has 37 heavy (non-hydrogen) atoms. The zero-order valence-electron chi connectivity index (χ0n) is 22.2. The normalized spacial score (nSPS) is 16.9. The molecule has 4 heterocycles.